The fourth-order valence-electron chi connectivity index (χ4n) is 7.88. The summed E-state index contributed by atoms with van der Waals surface area (Å²) in [6.45, 7) is 6.38. The summed E-state index contributed by atoms with van der Waals surface area (Å²) in [5.41, 5.74) is 1.46. The minimum atomic E-state index is -1.78. The second-order valence-electron chi connectivity index (χ2n) is 17.3. The Morgan fingerprint density at radius 1 is 0.823 bits per heavy atom. The zero-order chi connectivity index (χ0) is 44.6. The number of benzene rings is 3. The molecular weight excluding hydrogens is 791 g/mol. The highest BCUT2D eigenvalue weighted by molar-refractivity contribution is 5.93. The van der Waals surface area contributed by atoms with E-state index in [9.17, 15) is 33.9 Å². The molecule has 2 unspecified atom stereocenters. The van der Waals surface area contributed by atoms with Crippen molar-refractivity contribution in [3.05, 3.63) is 95.6 Å². The normalized spacial score (nSPS) is 19.4. The molecule has 1 saturated carbocycles. The Morgan fingerprint density at radius 2 is 1.53 bits per heavy atom. The molecule has 5 atom stereocenters. The van der Waals surface area contributed by atoms with Crippen molar-refractivity contribution in [3.63, 3.8) is 0 Å². The van der Waals surface area contributed by atoms with Crippen LogP contribution in [0.4, 0.5) is 0 Å². The molecular formula is C48H63N5O9. The molecule has 4 bridgehead atoms. The lowest BCUT2D eigenvalue weighted by molar-refractivity contribution is -0.158. The van der Waals surface area contributed by atoms with Crippen molar-refractivity contribution in [3.8, 4) is 11.5 Å². The predicted octanol–water partition coefficient (Wildman–Crippen LogP) is 5.26. The van der Waals surface area contributed by atoms with Crippen molar-refractivity contribution in [1.29, 1.82) is 0 Å². The number of hydrogen-bond acceptors (Lipinski definition) is 9. The van der Waals surface area contributed by atoms with Gasteiger partial charge in [0.2, 0.25) is 23.6 Å². The van der Waals surface area contributed by atoms with Crippen LogP contribution < -0.4 is 31.3 Å². The first-order chi connectivity index (χ1) is 29.7. The van der Waals surface area contributed by atoms with Gasteiger partial charge in [0, 0.05) is 12.8 Å². The summed E-state index contributed by atoms with van der Waals surface area (Å²) >= 11 is 0. The first kappa shape index (κ1) is 47.3. The first-order valence-electron chi connectivity index (χ1n) is 22.0. The van der Waals surface area contributed by atoms with Gasteiger partial charge in [-0.1, -0.05) is 87.2 Å². The van der Waals surface area contributed by atoms with Gasteiger partial charge in [-0.2, -0.15) is 0 Å². The molecule has 2 heterocycles. The molecule has 1 aliphatic carbocycles. The highest BCUT2D eigenvalue weighted by Crippen LogP contribution is 2.28. The van der Waals surface area contributed by atoms with Crippen LogP contribution in [-0.4, -0.2) is 77.0 Å². The van der Waals surface area contributed by atoms with Gasteiger partial charge < -0.3 is 41.2 Å². The molecule has 14 heteroatoms. The van der Waals surface area contributed by atoms with Gasteiger partial charge in [0.15, 0.2) is 12.1 Å². The Kier molecular flexibility index (Phi) is 17.5. The van der Waals surface area contributed by atoms with Crippen molar-refractivity contribution in [2.45, 2.75) is 141 Å². The highest BCUT2D eigenvalue weighted by Gasteiger charge is 2.36. The zero-order valence-corrected chi connectivity index (χ0v) is 36.4. The van der Waals surface area contributed by atoms with E-state index in [1.165, 1.54) is 0 Å². The number of nitrogens with one attached hydrogen (secondary N) is 5. The van der Waals surface area contributed by atoms with E-state index in [2.05, 4.69) is 26.6 Å². The SMILES string of the molecule is CCCC(NC(=O)[C@H]1Cc2cccc(c2)Oc2ccc(cc2)CCCCC(=O)N[C@@H](C2CCCCC2)C(=O)N1)C(O)C(=O)NCC(=O)N[C@H](C(=O)OC(C)(C)C)c1ccccc1. The molecule has 0 aromatic heterocycles. The maximum atomic E-state index is 14.3. The number of carbonyl (C=O) groups is 6. The third-order valence-electron chi connectivity index (χ3n) is 11.1. The van der Waals surface area contributed by atoms with Crippen LogP contribution in [0.2, 0.25) is 0 Å². The van der Waals surface area contributed by atoms with Crippen molar-refractivity contribution in [2.75, 3.05) is 6.54 Å². The number of amides is 5. The summed E-state index contributed by atoms with van der Waals surface area (Å²) in [6.07, 6.45) is 5.80. The van der Waals surface area contributed by atoms with E-state index < -0.39 is 72.0 Å². The Balaban J connectivity index is 1.33. The maximum absolute atomic E-state index is 14.3. The third-order valence-corrected chi connectivity index (χ3v) is 11.1. The number of fused-ring (bicyclic) bond motifs is 12. The molecule has 5 amide bonds. The molecule has 14 nitrogen and oxygen atoms in total. The lowest BCUT2D eigenvalue weighted by Gasteiger charge is -2.32. The van der Waals surface area contributed by atoms with Crippen LogP contribution in [0, 0.1) is 5.92 Å². The van der Waals surface area contributed by atoms with Gasteiger partial charge in [0.25, 0.3) is 5.91 Å². The van der Waals surface area contributed by atoms with E-state index in [4.69, 9.17) is 9.47 Å². The molecule has 334 valence electrons. The monoisotopic (exact) mass is 853 g/mol. The van der Waals surface area contributed by atoms with Crippen LogP contribution in [-0.2, 0) is 46.3 Å². The quantitative estimate of drug-likeness (QED) is 0.132. The highest BCUT2D eigenvalue weighted by atomic mass is 16.6. The summed E-state index contributed by atoms with van der Waals surface area (Å²) in [7, 11) is 0. The van der Waals surface area contributed by atoms with E-state index in [1.54, 1.807) is 69.3 Å². The Morgan fingerprint density at radius 3 is 2.23 bits per heavy atom. The average molecular weight is 854 g/mol. The van der Waals surface area contributed by atoms with E-state index in [-0.39, 0.29) is 31.1 Å². The van der Waals surface area contributed by atoms with Crippen molar-refractivity contribution in [2.24, 2.45) is 5.92 Å². The van der Waals surface area contributed by atoms with Crippen LogP contribution in [0.3, 0.4) is 0 Å². The number of rotatable bonds is 12. The molecule has 6 rings (SSSR count). The van der Waals surface area contributed by atoms with E-state index in [0.29, 0.717) is 35.5 Å². The summed E-state index contributed by atoms with van der Waals surface area (Å²) in [5, 5.41) is 25.1. The lowest BCUT2D eigenvalue weighted by Crippen LogP contribution is -2.59. The fraction of sp³-hybridized carbons (Fsp3) is 0.500. The standard InChI is InChI=1S/C48H63N5O9/c1-5-15-37(43(56)46(59)49-30-40(55)53-42(34-20-10-7-11-21-34)47(60)62-48(2,3)4)50-44(57)38-29-32-17-14-22-36(28-32)61-35-26-24-31(25-27-35)16-12-13-23-39(54)52-41(45(58)51-38)33-18-8-6-9-19-33/h7,10-11,14,17,20-22,24-28,33,37-38,41-43,56H,5-6,8-9,12-13,15-16,18-19,23,29-30H2,1-4H3,(H,49,59)(H,50,57)(H,51,58)(H,52,54)(H,53,55)/t37?,38-,41+,42+,43?/m1/s1. The molecule has 3 aromatic carbocycles. The molecule has 3 aliphatic rings. The Labute approximate surface area is 364 Å². The summed E-state index contributed by atoms with van der Waals surface area (Å²) < 4.78 is 11.7. The van der Waals surface area contributed by atoms with E-state index in [0.717, 1.165) is 50.5 Å². The van der Waals surface area contributed by atoms with Crippen molar-refractivity contribution >= 4 is 35.5 Å². The number of carbonyl (C=O) groups excluding carboxylic acids is 6. The van der Waals surface area contributed by atoms with Crippen LogP contribution >= 0.6 is 0 Å². The Hall–Kier alpha value is -5.76. The van der Waals surface area contributed by atoms with Crippen LogP contribution in [0.1, 0.15) is 115 Å². The van der Waals surface area contributed by atoms with Crippen LogP contribution in [0.5, 0.6) is 11.5 Å². The van der Waals surface area contributed by atoms with Crippen LogP contribution in [0.25, 0.3) is 0 Å². The van der Waals surface area contributed by atoms with Gasteiger partial charge >= 0.3 is 5.97 Å². The zero-order valence-electron chi connectivity index (χ0n) is 36.4. The minimum Gasteiger partial charge on any atom is -0.458 e. The smallest absolute Gasteiger partial charge is 0.333 e. The molecule has 1 fully saturated rings. The molecule has 3 aromatic rings. The lowest BCUT2D eigenvalue weighted by atomic mass is 9.83. The van der Waals surface area contributed by atoms with Gasteiger partial charge in [0.1, 0.15) is 29.2 Å². The molecule has 6 N–H and O–H groups in total. The Bertz CT molecular complexity index is 1980. The van der Waals surface area contributed by atoms with Crippen LogP contribution in [0.15, 0.2) is 78.9 Å². The number of aliphatic hydroxyl groups is 1. The van der Waals surface area contributed by atoms with Gasteiger partial charge in [-0.25, -0.2) is 4.79 Å². The second kappa shape index (κ2) is 22.9. The summed E-state index contributed by atoms with van der Waals surface area (Å²) in [5.74, 6) is -2.61. The van der Waals surface area contributed by atoms with Crippen molar-refractivity contribution in [1.82, 2.24) is 26.6 Å². The number of aliphatic hydroxyl groups excluding tert-OH is 1. The largest absolute Gasteiger partial charge is 0.458 e. The average Bonchev–Trinajstić information content (AvgIpc) is 3.25. The maximum Gasteiger partial charge on any atom is 0.333 e. The topological polar surface area (TPSA) is 201 Å². The van der Waals surface area contributed by atoms with E-state index >= 15 is 0 Å². The predicted molar refractivity (Wildman–Crippen MR) is 234 cm³/mol. The van der Waals surface area contributed by atoms with Gasteiger partial charge in [-0.3, -0.25) is 24.0 Å². The van der Waals surface area contributed by atoms with Crippen molar-refractivity contribution < 1.29 is 43.3 Å². The molecule has 0 saturated heterocycles. The third kappa shape index (κ3) is 14.7. The number of hydrogen-bond donors (Lipinski definition) is 6. The van der Waals surface area contributed by atoms with Gasteiger partial charge in [-0.15, -0.1) is 0 Å². The number of aryl methyl sites for hydroxylation is 1. The number of esters is 1. The van der Waals surface area contributed by atoms with E-state index in [1.807, 2.05) is 37.3 Å². The molecule has 0 spiro atoms. The van der Waals surface area contributed by atoms with Gasteiger partial charge in [0.05, 0.1) is 12.6 Å². The minimum absolute atomic E-state index is 0.0284. The fourth-order valence-corrected chi connectivity index (χ4v) is 7.88. The molecule has 0 radical (unpaired) electrons. The molecule has 2 aliphatic heterocycles. The summed E-state index contributed by atoms with van der Waals surface area (Å²) in [6, 6.07) is 19.2. The summed E-state index contributed by atoms with van der Waals surface area (Å²) in [4.78, 5) is 81.5. The second-order valence-corrected chi connectivity index (χ2v) is 17.3. The first-order valence-corrected chi connectivity index (χ1v) is 22.0. The number of ether oxygens (including phenoxy) is 2. The molecule has 62 heavy (non-hydrogen) atoms. The van der Waals surface area contributed by atoms with Gasteiger partial charge in [-0.05, 0) is 106 Å².